The number of hydrogen-bond donors (Lipinski definition) is 2. The van der Waals surface area contributed by atoms with E-state index in [4.69, 9.17) is 9.72 Å². The van der Waals surface area contributed by atoms with Crippen LogP contribution in [0.15, 0.2) is 48.9 Å². The summed E-state index contributed by atoms with van der Waals surface area (Å²) < 4.78 is 23.2. The van der Waals surface area contributed by atoms with Gasteiger partial charge in [0.05, 0.1) is 35.4 Å². The molecule has 1 saturated heterocycles. The molecule has 0 unspecified atom stereocenters. The van der Waals surface area contributed by atoms with Crippen molar-refractivity contribution in [2.24, 2.45) is 0 Å². The number of rotatable bonds is 7. The van der Waals surface area contributed by atoms with Crippen LogP contribution in [0.25, 0.3) is 22.3 Å². The molecule has 4 aromatic rings. The average molecular weight is 585 g/mol. The number of anilines is 1. The van der Waals surface area contributed by atoms with Gasteiger partial charge in [-0.25, -0.2) is 9.37 Å². The molecule has 3 aromatic heterocycles. The lowest BCUT2D eigenvalue weighted by Crippen LogP contribution is -2.34. The van der Waals surface area contributed by atoms with Crippen LogP contribution < -0.4 is 10.1 Å². The van der Waals surface area contributed by atoms with Gasteiger partial charge in [0.2, 0.25) is 5.95 Å². The third-order valence-electron chi connectivity index (χ3n) is 9.42. The number of amides is 1. The van der Waals surface area contributed by atoms with E-state index in [9.17, 15) is 9.90 Å². The Bertz CT molecular complexity index is 1640. The number of aliphatic hydroxyl groups excluding tert-OH is 1. The van der Waals surface area contributed by atoms with E-state index in [0.29, 0.717) is 36.0 Å². The predicted molar refractivity (Wildman–Crippen MR) is 162 cm³/mol. The van der Waals surface area contributed by atoms with Crippen molar-refractivity contribution in [1.82, 2.24) is 24.4 Å². The summed E-state index contributed by atoms with van der Waals surface area (Å²) in [7, 11) is 1.49. The Morgan fingerprint density at radius 2 is 1.77 bits per heavy atom. The molecule has 4 heterocycles. The number of carbonyl (C=O) groups is 1. The lowest BCUT2D eigenvalue weighted by Gasteiger charge is -2.32. The number of imidazole rings is 1. The van der Waals surface area contributed by atoms with Gasteiger partial charge in [-0.1, -0.05) is 6.07 Å². The van der Waals surface area contributed by atoms with Crippen LogP contribution in [0.4, 0.5) is 10.3 Å². The number of nitrogens with zero attached hydrogens (tertiary/aromatic N) is 5. The van der Waals surface area contributed by atoms with Crippen LogP contribution in [0.5, 0.6) is 5.75 Å². The molecule has 43 heavy (non-hydrogen) atoms. The number of halogens is 1. The van der Waals surface area contributed by atoms with Gasteiger partial charge in [-0.15, -0.1) is 0 Å². The molecule has 0 atom stereocenters. The monoisotopic (exact) mass is 584 g/mol. The molecule has 2 aliphatic carbocycles. The van der Waals surface area contributed by atoms with Gasteiger partial charge in [-0.05, 0) is 100 Å². The smallest absolute Gasteiger partial charge is 0.261 e. The highest BCUT2D eigenvalue weighted by atomic mass is 19.1. The molecular weight excluding hydrogens is 547 g/mol. The van der Waals surface area contributed by atoms with Crippen LogP contribution in [0.3, 0.4) is 0 Å². The van der Waals surface area contributed by atoms with Crippen LogP contribution in [0, 0.1) is 5.82 Å². The third-order valence-corrected chi connectivity index (χ3v) is 9.42. The first kappa shape index (κ1) is 27.9. The molecule has 2 N–H and O–H groups in total. The van der Waals surface area contributed by atoms with Gasteiger partial charge in [0, 0.05) is 30.7 Å². The van der Waals surface area contributed by atoms with Crippen molar-refractivity contribution >= 4 is 22.9 Å². The Kier molecular flexibility index (Phi) is 7.56. The van der Waals surface area contributed by atoms with E-state index in [1.807, 2.05) is 0 Å². The first-order valence-corrected chi connectivity index (χ1v) is 15.4. The minimum Gasteiger partial charge on any atom is -0.496 e. The van der Waals surface area contributed by atoms with Gasteiger partial charge in [0.25, 0.3) is 5.91 Å². The van der Waals surface area contributed by atoms with E-state index < -0.39 is 11.7 Å². The van der Waals surface area contributed by atoms with Crippen molar-refractivity contribution < 1.29 is 19.0 Å². The number of ether oxygens (including phenoxy) is 1. The van der Waals surface area contributed by atoms with Crippen LogP contribution in [0.1, 0.15) is 79.2 Å². The quantitative estimate of drug-likeness (QED) is 0.287. The molecule has 1 amide bonds. The summed E-state index contributed by atoms with van der Waals surface area (Å²) in [4.78, 5) is 29.4. The highest BCUT2D eigenvalue weighted by molar-refractivity contribution is 6.05. The van der Waals surface area contributed by atoms with Crippen LogP contribution in [0.2, 0.25) is 0 Å². The highest BCUT2D eigenvalue weighted by Gasteiger charge is 2.33. The van der Waals surface area contributed by atoms with Gasteiger partial charge in [-0.3, -0.25) is 20.1 Å². The van der Waals surface area contributed by atoms with E-state index in [2.05, 4.69) is 43.0 Å². The normalized spacial score (nSPS) is 21.7. The summed E-state index contributed by atoms with van der Waals surface area (Å²) in [6.07, 6.45) is 12.0. The molecule has 0 bridgehead atoms. The zero-order valence-corrected chi connectivity index (χ0v) is 24.4. The molecule has 10 heteroatoms. The van der Waals surface area contributed by atoms with Crippen molar-refractivity contribution in [1.29, 1.82) is 0 Å². The first-order chi connectivity index (χ1) is 21.0. The zero-order chi connectivity index (χ0) is 29.5. The molecule has 2 saturated carbocycles. The Morgan fingerprint density at radius 3 is 2.51 bits per heavy atom. The molecule has 3 fully saturated rings. The maximum absolute atomic E-state index is 15.8. The minimum absolute atomic E-state index is 0.00949. The molecule has 1 aliphatic heterocycles. The number of fused-ring (bicyclic) bond motifs is 1. The van der Waals surface area contributed by atoms with Crippen LogP contribution in [-0.4, -0.2) is 67.8 Å². The number of piperidine rings is 1. The molecule has 224 valence electrons. The van der Waals surface area contributed by atoms with E-state index in [1.165, 1.54) is 44.0 Å². The van der Waals surface area contributed by atoms with Gasteiger partial charge in [-0.2, -0.15) is 0 Å². The van der Waals surface area contributed by atoms with Crippen molar-refractivity contribution in [3.8, 4) is 17.0 Å². The number of carbonyl (C=O) groups excluding carboxylic acids is 1. The fourth-order valence-electron chi connectivity index (χ4n) is 6.89. The number of aliphatic hydroxyl groups is 1. The molecule has 3 aliphatic rings. The minimum atomic E-state index is -0.755. The Labute approximate surface area is 250 Å². The summed E-state index contributed by atoms with van der Waals surface area (Å²) in [6, 6.07) is 10.3. The van der Waals surface area contributed by atoms with Crippen molar-refractivity contribution in [3.63, 3.8) is 0 Å². The van der Waals surface area contributed by atoms with E-state index >= 15 is 4.39 Å². The van der Waals surface area contributed by atoms with E-state index in [-0.39, 0.29) is 23.4 Å². The fourth-order valence-corrected chi connectivity index (χ4v) is 6.89. The summed E-state index contributed by atoms with van der Waals surface area (Å²) >= 11 is 0. The van der Waals surface area contributed by atoms with E-state index in [1.54, 1.807) is 12.3 Å². The summed E-state index contributed by atoms with van der Waals surface area (Å²) in [5.74, 6) is -0.0760. The zero-order valence-electron chi connectivity index (χ0n) is 24.4. The number of hydrogen-bond acceptors (Lipinski definition) is 7. The Hall–Kier alpha value is -3.89. The van der Waals surface area contributed by atoms with Gasteiger partial charge in [0.1, 0.15) is 11.4 Å². The number of nitrogens with one attached hydrogen (secondary N) is 1. The second kappa shape index (κ2) is 11.7. The van der Waals surface area contributed by atoms with Crippen LogP contribution in [-0.2, 0) is 0 Å². The molecule has 7 rings (SSSR count). The summed E-state index contributed by atoms with van der Waals surface area (Å²) in [5, 5.41) is 13.1. The molecule has 9 nitrogen and oxygen atoms in total. The second-order valence-corrected chi connectivity index (χ2v) is 12.1. The average Bonchev–Trinajstić information content (AvgIpc) is 3.83. The Balaban J connectivity index is 1.20. The number of methoxy groups -OCH3 is 1. The van der Waals surface area contributed by atoms with Crippen molar-refractivity contribution in [2.45, 2.75) is 75.5 Å². The third kappa shape index (κ3) is 5.49. The van der Waals surface area contributed by atoms with Gasteiger partial charge in [0.15, 0.2) is 5.82 Å². The molecule has 0 spiro atoms. The standard InChI is InChI=1S/C33H37FN6O3/c1-43-29-11-14-35-19-26(29)31-30(34)25(10-15-36-31)32(42)38-33-37-27-18-21(20-12-16-39(17-13-20)22-3-4-22)2-9-28(27)40(33)23-5-7-24(41)8-6-23/h2,9-11,14-15,18-20,22-24,41H,3-8,12-13,16-17H2,1H3,(H,37,38,42)/t23-,24+. The molecular formula is C33H37FN6O3. The molecule has 0 radical (unpaired) electrons. The predicted octanol–water partition coefficient (Wildman–Crippen LogP) is 5.71. The van der Waals surface area contributed by atoms with Crippen molar-refractivity contribution in [2.75, 3.05) is 25.5 Å². The Morgan fingerprint density at radius 1 is 1.00 bits per heavy atom. The van der Waals surface area contributed by atoms with Crippen LogP contribution >= 0.6 is 0 Å². The number of likely N-dealkylation sites (tertiary alicyclic amines) is 1. The number of benzene rings is 1. The lowest BCUT2D eigenvalue weighted by atomic mass is 9.89. The highest BCUT2D eigenvalue weighted by Crippen LogP contribution is 2.38. The molecule has 1 aromatic carbocycles. The maximum Gasteiger partial charge on any atom is 0.261 e. The number of aromatic nitrogens is 4. The topological polar surface area (TPSA) is 105 Å². The number of pyridine rings is 2. The lowest BCUT2D eigenvalue weighted by molar-refractivity contribution is 0.101. The first-order valence-electron chi connectivity index (χ1n) is 15.4. The second-order valence-electron chi connectivity index (χ2n) is 12.1. The van der Waals surface area contributed by atoms with Gasteiger partial charge < -0.3 is 19.3 Å². The van der Waals surface area contributed by atoms with Gasteiger partial charge >= 0.3 is 0 Å². The maximum atomic E-state index is 15.8. The fraction of sp³-hybridized carbons (Fsp3) is 0.455. The summed E-state index contributed by atoms with van der Waals surface area (Å²) in [5.41, 5.74) is 3.24. The summed E-state index contributed by atoms with van der Waals surface area (Å²) in [6.45, 7) is 2.27. The van der Waals surface area contributed by atoms with E-state index in [0.717, 1.165) is 55.8 Å². The van der Waals surface area contributed by atoms with Crippen molar-refractivity contribution in [3.05, 3.63) is 65.9 Å². The largest absolute Gasteiger partial charge is 0.496 e. The SMILES string of the molecule is COc1ccncc1-c1nccc(C(=O)Nc2nc3cc(C4CCN(C5CC5)CC4)ccc3n2[C@H]2CC[C@@H](O)CC2)c1F.